The molecule has 2 aromatic carbocycles. The molecule has 2 aromatic heterocycles. The standard InChI is InChI=1S/C30H25F4N9/c1-28(2,9-10-35)17-39-26-20(14-37)15-38-25-19(13-36)11-22(12-23(25)26)40-27(18-3-5-21(31)6-4-18)24-16-43(42-41-24)29(7-8-29)30(32,33)34/h3-6,11-12,15-16,27,40H,7-9,17H2,1-2H3,(H,38,39)/i27D. The van der Waals surface area contributed by atoms with Crippen molar-refractivity contribution in [3.05, 3.63) is 77.0 Å². The summed E-state index contributed by atoms with van der Waals surface area (Å²) in [5, 5.41) is 43.2. The van der Waals surface area contributed by atoms with Gasteiger partial charge in [0, 0.05) is 30.2 Å². The van der Waals surface area contributed by atoms with Gasteiger partial charge in [0.25, 0.3) is 0 Å². The summed E-state index contributed by atoms with van der Waals surface area (Å²) in [6.07, 6.45) is -2.33. The molecule has 0 bridgehead atoms. The molecule has 0 spiro atoms. The lowest BCUT2D eigenvalue weighted by atomic mass is 9.90. The number of alkyl halides is 3. The van der Waals surface area contributed by atoms with Gasteiger partial charge in [0.2, 0.25) is 0 Å². The lowest BCUT2D eigenvalue weighted by molar-refractivity contribution is -0.182. The molecule has 13 heteroatoms. The second kappa shape index (κ2) is 10.9. The Morgan fingerprint density at radius 1 is 1.09 bits per heavy atom. The highest BCUT2D eigenvalue weighted by Gasteiger charge is 2.66. The number of fused-ring (bicyclic) bond motifs is 1. The van der Waals surface area contributed by atoms with Gasteiger partial charge in [0.15, 0.2) is 5.54 Å². The van der Waals surface area contributed by atoms with E-state index in [0.717, 1.165) is 18.3 Å². The molecule has 1 saturated carbocycles. The van der Waals surface area contributed by atoms with Crippen LogP contribution in [-0.2, 0) is 5.54 Å². The molecule has 1 fully saturated rings. The average Bonchev–Trinajstić information content (AvgIpc) is 3.65. The van der Waals surface area contributed by atoms with Crippen molar-refractivity contribution in [2.45, 2.75) is 50.8 Å². The van der Waals surface area contributed by atoms with Crippen LogP contribution in [0.4, 0.5) is 28.9 Å². The topological polar surface area (TPSA) is 139 Å². The normalized spacial score (nSPS) is 15.8. The molecule has 0 radical (unpaired) electrons. The third-order valence-electron chi connectivity index (χ3n) is 7.36. The van der Waals surface area contributed by atoms with Gasteiger partial charge in [0.05, 0.1) is 42.0 Å². The van der Waals surface area contributed by atoms with Gasteiger partial charge in [-0.2, -0.15) is 29.0 Å². The zero-order valence-corrected chi connectivity index (χ0v) is 23.1. The van der Waals surface area contributed by atoms with E-state index in [1.54, 1.807) is 6.07 Å². The summed E-state index contributed by atoms with van der Waals surface area (Å²) in [7, 11) is 0. The largest absolute Gasteiger partial charge is 0.413 e. The van der Waals surface area contributed by atoms with E-state index in [-0.39, 0.29) is 52.9 Å². The Morgan fingerprint density at radius 3 is 2.40 bits per heavy atom. The van der Waals surface area contributed by atoms with Gasteiger partial charge in [0.1, 0.15) is 23.6 Å². The Balaban J connectivity index is 1.64. The molecule has 0 amide bonds. The number of halogens is 4. The molecule has 5 rings (SSSR count). The molecule has 43 heavy (non-hydrogen) atoms. The third-order valence-corrected chi connectivity index (χ3v) is 7.36. The van der Waals surface area contributed by atoms with Crippen LogP contribution in [-0.4, -0.2) is 32.7 Å². The van der Waals surface area contributed by atoms with Crippen LogP contribution in [0.2, 0.25) is 0 Å². The van der Waals surface area contributed by atoms with Gasteiger partial charge in [-0.05, 0) is 48.1 Å². The van der Waals surface area contributed by atoms with Crippen molar-refractivity contribution in [3.8, 4) is 18.2 Å². The molecule has 218 valence electrons. The highest BCUT2D eigenvalue weighted by molar-refractivity contribution is 5.99. The second-order valence-electron chi connectivity index (χ2n) is 11.1. The van der Waals surface area contributed by atoms with Crippen LogP contribution < -0.4 is 10.6 Å². The van der Waals surface area contributed by atoms with E-state index in [1.807, 2.05) is 13.8 Å². The van der Waals surface area contributed by atoms with E-state index in [4.69, 9.17) is 0 Å². The van der Waals surface area contributed by atoms with Crippen molar-refractivity contribution in [2.75, 3.05) is 17.2 Å². The number of anilines is 2. The average molecular weight is 589 g/mol. The number of rotatable bonds is 9. The van der Waals surface area contributed by atoms with Crippen LogP contribution in [0.15, 0.2) is 48.8 Å². The number of nitrogens with one attached hydrogen (secondary N) is 2. The van der Waals surface area contributed by atoms with Crippen molar-refractivity contribution in [2.24, 2.45) is 5.41 Å². The van der Waals surface area contributed by atoms with Crippen LogP contribution in [0.1, 0.15) is 62.9 Å². The van der Waals surface area contributed by atoms with Gasteiger partial charge < -0.3 is 10.6 Å². The fraction of sp³-hybridized carbons (Fsp3) is 0.333. The molecule has 2 N–H and O–H groups in total. The number of hydrogen-bond acceptors (Lipinski definition) is 8. The van der Waals surface area contributed by atoms with Crippen LogP contribution >= 0.6 is 0 Å². The first-order valence-corrected chi connectivity index (χ1v) is 13.2. The second-order valence-corrected chi connectivity index (χ2v) is 11.1. The van der Waals surface area contributed by atoms with E-state index in [2.05, 4.69) is 44.1 Å². The number of pyridine rings is 1. The minimum atomic E-state index is -4.58. The number of aromatic nitrogens is 4. The minimum Gasteiger partial charge on any atom is -0.383 e. The van der Waals surface area contributed by atoms with Gasteiger partial charge in [-0.1, -0.05) is 31.2 Å². The first kappa shape index (κ1) is 27.9. The molecule has 2 heterocycles. The summed E-state index contributed by atoms with van der Waals surface area (Å²) in [6.45, 7) is 4.05. The molecular formula is C30H25F4N9. The lowest BCUT2D eigenvalue weighted by Crippen LogP contribution is -2.35. The predicted octanol–water partition coefficient (Wildman–Crippen LogP) is 6.31. The Bertz CT molecular complexity index is 1860. The van der Waals surface area contributed by atoms with Crippen LogP contribution in [0.25, 0.3) is 10.9 Å². The summed E-state index contributed by atoms with van der Waals surface area (Å²) < 4.78 is 65.5. The molecule has 1 aliphatic carbocycles. The molecule has 1 unspecified atom stereocenters. The number of hydrogen-bond donors (Lipinski definition) is 2. The summed E-state index contributed by atoms with van der Waals surface area (Å²) in [4.78, 5) is 4.30. The number of nitriles is 3. The SMILES string of the molecule is [2H]C(Nc1cc(C#N)c2ncc(C#N)c(NCC(C)(C)CC#N)c2c1)(c1ccc(F)cc1)c1cn(C2(C(F)(F)F)CC2)nn1. The van der Waals surface area contributed by atoms with E-state index < -0.39 is 29.0 Å². The molecular weight excluding hydrogens is 562 g/mol. The summed E-state index contributed by atoms with van der Waals surface area (Å²) in [5.74, 6) is -0.587. The van der Waals surface area contributed by atoms with Crippen molar-refractivity contribution >= 4 is 22.3 Å². The first-order chi connectivity index (χ1) is 20.8. The molecule has 9 nitrogen and oxygen atoms in total. The van der Waals surface area contributed by atoms with E-state index >= 15 is 0 Å². The van der Waals surface area contributed by atoms with Crippen molar-refractivity contribution in [3.63, 3.8) is 0 Å². The van der Waals surface area contributed by atoms with Gasteiger partial charge in [-0.3, -0.25) is 4.98 Å². The maximum Gasteiger partial charge on any atom is 0.413 e. The third kappa shape index (κ3) is 5.64. The predicted molar refractivity (Wildman–Crippen MR) is 149 cm³/mol. The zero-order chi connectivity index (χ0) is 31.9. The summed E-state index contributed by atoms with van der Waals surface area (Å²) in [5.41, 5.74) is -1.67. The van der Waals surface area contributed by atoms with Crippen LogP contribution in [0.3, 0.4) is 0 Å². The monoisotopic (exact) mass is 588 g/mol. The highest BCUT2D eigenvalue weighted by Crippen LogP contribution is 2.55. The number of nitrogens with zero attached hydrogens (tertiary/aromatic N) is 7. The molecule has 0 aliphatic heterocycles. The fourth-order valence-electron chi connectivity index (χ4n) is 4.73. The van der Waals surface area contributed by atoms with Crippen molar-refractivity contribution in [1.82, 2.24) is 20.0 Å². The fourth-order valence-corrected chi connectivity index (χ4v) is 4.73. The minimum absolute atomic E-state index is 0.0907. The smallest absolute Gasteiger partial charge is 0.383 e. The van der Waals surface area contributed by atoms with Gasteiger partial charge in [-0.25, -0.2) is 9.07 Å². The molecule has 0 saturated heterocycles. The first-order valence-electron chi connectivity index (χ1n) is 13.7. The van der Waals surface area contributed by atoms with E-state index in [9.17, 15) is 34.7 Å². The number of benzene rings is 2. The summed E-state index contributed by atoms with van der Waals surface area (Å²) in [6, 6.07) is 12.0. The van der Waals surface area contributed by atoms with Crippen molar-refractivity contribution < 1.29 is 18.9 Å². The molecule has 4 aromatic rings. The quantitative estimate of drug-likeness (QED) is 0.217. The maximum atomic E-state index is 13.9. The highest BCUT2D eigenvalue weighted by atomic mass is 19.4. The summed E-state index contributed by atoms with van der Waals surface area (Å²) >= 11 is 0. The van der Waals surface area contributed by atoms with E-state index in [0.29, 0.717) is 22.3 Å². The molecule has 1 atom stereocenters. The molecule has 1 aliphatic rings. The van der Waals surface area contributed by atoms with E-state index in [1.165, 1.54) is 24.4 Å². The van der Waals surface area contributed by atoms with Gasteiger partial charge in [-0.15, -0.1) is 5.10 Å². The van der Waals surface area contributed by atoms with Crippen molar-refractivity contribution in [1.29, 1.82) is 15.8 Å². The maximum absolute atomic E-state index is 13.9. The van der Waals surface area contributed by atoms with Gasteiger partial charge >= 0.3 is 6.18 Å². The zero-order valence-electron chi connectivity index (χ0n) is 24.1. The van der Waals surface area contributed by atoms with Crippen LogP contribution in [0, 0.1) is 45.2 Å². The Hall–Kier alpha value is -5.22. The lowest BCUT2D eigenvalue weighted by Gasteiger charge is -2.24. The van der Waals surface area contributed by atoms with Crippen LogP contribution in [0.5, 0.6) is 0 Å². The Labute approximate surface area is 245 Å². The Morgan fingerprint density at radius 2 is 1.79 bits per heavy atom. The Kier molecular flexibility index (Phi) is 7.07.